The van der Waals surface area contributed by atoms with Crippen molar-refractivity contribution in [3.63, 3.8) is 0 Å². The molecule has 0 bridgehead atoms. The zero-order valence-electron chi connectivity index (χ0n) is 17.9. The zero-order chi connectivity index (χ0) is 22.7. The quantitative estimate of drug-likeness (QED) is 0.386. The van der Waals surface area contributed by atoms with Crippen molar-refractivity contribution in [2.45, 2.75) is 37.1 Å². The Morgan fingerprint density at radius 1 is 1.19 bits per heavy atom. The van der Waals surface area contributed by atoms with Gasteiger partial charge in [0, 0.05) is 30.4 Å². The van der Waals surface area contributed by atoms with Crippen LogP contribution in [0.3, 0.4) is 0 Å². The molecule has 1 aliphatic heterocycles. The molecular formula is C22H25N5O3S2. The Hall–Kier alpha value is -2.82. The van der Waals surface area contributed by atoms with E-state index >= 15 is 0 Å². The lowest BCUT2D eigenvalue weighted by Crippen LogP contribution is -2.33. The van der Waals surface area contributed by atoms with Crippen LogP contribution in [0.2, 0.25) is 0 Å². The summed E-state index contributed by atoms with van der Waals surface area (Å²) in [4.78, 5) is 14.6. The van der Waals surface area contributed by atoms with Crippen molar-refractivity contribution in [3.8, 4) is 0 Å². The average molecular weight is 472 g/mol. The van der Waals surface area contributed by atoms with Crippen molar-refractivity contribution in [3.05, 3.63) is 65.2 Å². The minimum Gasteiger partial charge on any atom is -0.368 e. The first-order valence-corrected chi connectivity index (χ1v) is 12.7. The van der Waals surface area contributed by atoms with E-state index in [1.165, 1.54) is 11.3 Å². The third-order valence-electron chi connectivity index (χ3n) is 5.35. The van der Waals surface area contributed by atoms with E-state index < -0.39 is 10.0 Å². The fourth-order valence-corrected chi connectivity index (χ4v) is 5.82. The molecule has 1 aliphatic rings. The largest absolute Gasteiger partial charge is 0.368 e. The van der Waals surface area contributed by atoms with E-state index in [0.29, 0.717) is 18.0 Å². The number of hydrogen-bond donors (Lipinski definition) is 2. The van der Waals surface area contributed by atoms with Crippen molar-refractivity contribution in [1.29, 1.82) is 0 Å². The number of anilines is 2. The van der Waals surface area contributed by atoms with Crippen LogP contribution < -0.4 is 14.9 Å². The molecule has 0 saturated heterocycles. The van der Waals surface area contributed by atoms with E-state index in [2.05, 4.69) is 44.2 Å². The van der Waals surface area contributed by atoms with Gasteiger partial charge in [-0.25, -0.2) is 13.1 Å². The molecule has 1 amide bonds. The summed E-state index contributed by atoms with van der Waals surface area (Å²) in [6.07, 6.45) is 1.66. The van der Waals surface area contributed by atoms with E-state index in [-0.39, 0.29) is 21.9 Å². The Labute approximate surface area is 191 Å². The smallest absolute Gasteiger partial charge is 0.269 e. The van der Waals surface area contributed by atoms with E-state index in [9.17, 15) is 13.2 Å². The number of nitrogens with zero attached hydrogens (tertiary/aromatic N) is 3. The molecule has 168 valence electrons. The summed E-state index contributed by atoms with van der Waals surface area (Å²) in [5.41, 5.74) is 3.98. The third-order valence-corrected chi connectivity index (χ3v) is 8.02. The van der Waals surface area contributed by atoms with Crippen LogP contribution in [-0.4, -0.2) is 43.7 Å². The fourth-order valence-electron chi connectivity index (χ4n) is 3.81. The number of benzene rings is 2. The number of aromatic nitrogens is 2. The Morgan fingerprint density at radius 2 is 2.00 bits per heavy atom. The highest BCUT2D eigenvalue weighted by atomic mass is 32.2. The molecule has 1 atom stereocenters. The normalized spacial score (nSPS) is 15.6. The highest BCUT2D eigenvalue weighted by Gasteiger charge is 2.25. The Bertz CT molecular complexity index is 1230. The lowest BCUT2D eigenvalue weighted by atomic mass is 10.1. The van der Waals surface area contributed by atoms with Gasteiger partial charge >= 0.3 is 0 Å². The Morgan fingerprint density at radius 3 is 2.81 bits per heavy atom. The summed E-state index contributed by atoms with van der Waals surface area (Å²) in [5.74, 6) is -0.359. The van der Waals surface area contributed by atoms with Gasteiger partial charge in [-0.3, -0.25) is 10.1 Å². The molecule has 0 saturated carbocycles. The van der Waals surface area contributed by atoms with Gasteiger partial charge in [0.2, 0.25) is 9.47 Å². The van der Waals surface area contributed by atoms with Crippen LogP contribution in [0.15, 0.2) is 52.9 Å². The minimum absolute atomic E-state index is 0.138. The molecule has 0 spiro atoms. The summed E-state index contributed by atoms with van der Waals surface area (Å²) in [7, 11) is -3.79. The molecule has 2 N–H and O–H groups in total. The van der Waals surface area contributed by atoms with Crippen molar-refractivity contribution in [2.75, 3.05) is 23.3 Å². The number of rotatable bonds is 8. The number of carbonyl (C=O) groups is 1. The Balaban J connectivity index is 1.31. The molecule has 0 radical (unpaired) electrons. The van der Waals surface area contributed by atoms with Gasteiger partial charge in [-0.1, -0.05) is 47.2 Å². The van der Waals surface area contributed by atoms with Gasteiger partial charge in [0.25, 0.3) is 15.9 Å². The van der Waals surface area contributed by atoms with Crippen molar-refractivity contribution in [1.82, 2.24) is 14.9 Å². The molecule has 10 heteroatoms. The summed E-state index contributed by atoms with van der Waals surface area (Å²) < 4.78 is 27.6. The minimum atomic E-state index is -3.79. The number of aryl methyl sites for hydroxylation is 1. The molecule has 3 aromatic rings. The van der Waals surface area contributed by atoms with Crippen LogP contribution in [0.1, 0.15) is 34.8 Å². The third kappa shape index (κ3) is 4.98. The SMILES string of the molecule is Cc1cccc(C(=O)Nc2nnc(S(=O)(=O)NCCCN3c4ccccc4C[C@@H]3C)s2)c1. The van der Waals surface area contributed by atoms with Gasteiger partial charge in [-0.2, -0.15) is 0 Å². The van der Waals surface area contributed by atoms with Crippen LogP contribution in [0.25, 0.3) is 0 Å². The van der Waals surface area contributed by atoms with Crippen LogP contribution in [-0.2, 0) is 16.4 Å². The Kier molecular flexibility index (Phi) is 6.54. The average Bonchev–Trinajstić information content (AvgIpc) is 3.36. The van der Waals surface area contributed by atoms with Crippen LogP contribution >= 0.6 is 11.3 Å². The second-order valence-corrected chi connectivity index (χ2v) is 10.7. The highest BCUT2D eigenvalue weighted by Crippen LogP contribution is 2.31. The maximum absolute atomic E-state index is 12.6. The maximum Gasteiger partial charge on any atom is 0.269 e. The standard InChI is InChI=1S/C22H25N5O3S2/c1-15-7-5-9-18(13-15)20(28)24-21-25-26-22(31-21)32(29,30)23-11-6-12-27-16(2)14-17-8-3-4-10-19(17)27/h3-5,7-10,13,16,23H,6,11-12,14H2,1-2H3,(H,24,25,28)/t16-/m0/s1. The monoisotopic (exact) mass is 471 g/mol. The first kappa shape index (κ1) is 22.4. The number of carbonyl (C=O) groups excluding carboxylic acids is 1. The number of para-hydroxylation sites is 1. The van der Waals surface area contributed by atoms with Crippen molar-refractivity contribution < 1.29 is 13.2 Å². The van der Waals surface area contributed by atoms with Gasteiger partial charge in [-0.05, 0) is 50.5 Å². The summed E-state index contributed by atoms with van der Waals surface area (Å²) in [5, 5.41) is 10.3. The molecule has 0 unspecified atom stereocenters. The lowest BCUT2D eigenvalue weighted by molar-refractivity contribution is 0.102. The van der Waals surface area contributed by atoms with E-state index in [4.69, 9.17) is 0 Å². The molecule has 32 heavy (non-hydrogen) atoms. The van der Waals surface area contributed by atoms with Gasteiger partial charge in [0.15, 0.2) is 0 Å². The molecule has 8 nitrogen and oxygen atoms in total. The van der Waals surface area contributed by atoms with Gasteiger partial charge in [0.1, 0.15) is 0 Å². The van der Waals surface area contributed by atoms with Crippen molar-refractivity contribution >= 4 is 38.1 Å². The number of nitrogens with one attached hydrogen (secondary N) is 2. The second-order valence-electron chi connectivity index (χ2n) is 7.82. The first-order chi connectivity index (χ1) is 15.3. The second kappa shape index (κ2) is 9.35. The van der Waals surface area contributed by atoms with Crippen LogP contribution in [0, 0.1) is 6.92 Å². The van der Waals surface area contributed by atoms with Gasteiger partial charge < -0.3 is 4.90 Å². The molecule has 4 rings (SSSR count). The summed E-state index contributed by atoms with van der Waals surface area (Å²) in [6.45, 7) is 5.12. The molecular weight excluding hydrogens is 446 g/mol. The molecule has 0 aliphatic carbocycles. The number of hydrogen-bond acceptors (Lipinski definition) is 7. The van der Waals surface area contributed by atoms with Gasteiger partial charge in [-0.15, -0.1) is 10.2 Å². The predicted molar refractivity (Wildman–Crippen MR) is 126 cm³/mol. The lowest BCUT2D eigenvalue weighted by Gasteiger charge is -2.24. The maximum atomic E-state index is 12.6. The van der Waals surface area contributed by atoms with Crippen LogP contribution in [0.4, 0.5) is 10.8 Å². The van der Waals surface area contributed by atoms with E-state index in [1.807, 2.05) is 25.1 Å². The van der Waals surface area contributed by atoms with Crippen LogP contribution in [0.5, 0.6) is 0 Å². The first-order valence-electron chi connectivity index (χ1n) is 10.4. The highest BCUT2D eigenvalue weighted by molar-refractivity contribution is 7.91. The zero-order valence-corrected chi connectivity index (χ0v) is 19.5. The number of fused-ring (bicyclic) bond motifs is 1. The predicted octanol–water partition coefficient (Wildman–Crippen LogP) is 3.22. The van der Waals surface area contributed by atoms with E-state index in [0.717, 1.165) is 29.9 Å². The van der Waals surface area contributed by atoms with Crippen molar-refractivity contribution in [2.24, 2.45) is 0 Å². The summed E-state index contributed by atoms with van der Waals surface area (Å²) >= 11 is 0.826. The number of sulfonamides is 1. The number of amides is 1. The molecule has 2 aromatic carbocycles. The molecule has 0 fully saturated rings. The fraction of sp³-hybridized carbons (Fsp3) is 0.318. The topological polar surface area (TPSA) is 104 Å². The van der Waals surface area contributed by atoms with Gasteiger partial charge in [0.05, 0.1) is 0 Å². The van der Waals surface area contributed by atoms with E-state index in [1.54, 1.807) is 18.2 Å². The molecule has 2 heterocycles. The summed E-state index contributed by atoms with van der Waals surface area (Å²) in [6, 6.07) is 15.8. The molecule has 1 aromatic heterocycles.